The Bertz CT molecular complexity index is 776. The maximum absolute atomic E-state index is 12.4. The SMILES string of the molecule is Cc1cc(C(=O)NCCN(C2CCOCC2)C2CCN(S(C)(=O)=O)CC2)nn1C. The maximum atomic E-state index is 12.4. The van der Waals surface area contributed by atoms with Crippen LogP contribution in [0.5, 0.6) is 0 Å². The van der Waals surface area contributed by atoms with E-state index in [-0.39, 0.29) is 5.91 Å². The second kappa shape index (κ2) is 9.55. The van der Waals surface area contributed by atoms with E-state index in [4.69, 9.17) is 4.74 Å². The normalized spacial score (nSPS) is 20.3. The number of aromatic nitrogens is 2. The number of hydrogen-bond acceptors (Lipinski definition) is 6. The minimum Gasteiger partial charge on any atom is -0.381 e. The Morgan fingerprint density at radius 2 is 1.86 bits per heavy atom. The molecule has 10 heteroatoms. The minimum atomic E-state index is -3.13. The molecule has 3 heterocycles. The van der Waals surface area contributed by atoms with E-state index in [0.717, 1.165) is 51.1 Å². The van der Waals surface area contributed by atoms with Gasteiger partial charge < -0.3 is 10.1 Å². The molecule has 3 rings (SSSR count). The molecule has 0 unspecified atom stereocenters. The largest absolute Gasteiger partial charge is 0.381 e. The van der Waals surface area contributed by atoms with Gasteiger partial charge in [0.25, 0.3) is 5.91 Å². The highest BCUT2D eigenvalue weighted by Crippen LogP contribution is 2.24. The fourth-order valence-corrected chi connectivity index (χ4v) is 5.12. The van der Waals surface area contributed by atoms with Crippen molar-refractivity contribution >= 4 is 15.9 Å². The van der Waals surface area contributed by atoms with Crippen molar-refractivity contribution in [2.24, 2.45) is 7.05 Å². The van der Waals surface area contributed by atoms with Crippen LogP contribution in [0.15, 0.2) is 6.07 Å². The summed E-state index contributed by atoms with van der Waals surface area (Å²) in [7, 11) is -1.31. The highest BCUT2D eigenvalue weighted by atomic mass is 32.2. The molecule has 2 saturated heterocycles. The summed E-state index contributed by atoms with van der Waals surface area (Å²) >= 11 is 0. The van der Waals surface area contributed by atoms with Crippen LogP contribution in [0.2, 0.25) is 0 Å². The van der Waals surface area contributed by atoms with Crippen LogP contribution in [0.25, 0.3) is 0 Å². The number of sulfonamides is 1. The van der Waals surface area contributed by atoms with Crippen LogP contribution in [-0.2, 0) is 21.8 Å². The standard InChI is InChI=1S/C19H33N5O4S/c1-15-14-18(21-22(15)2)19(25)20-8-11-24(17-6-12-28-13-7-17)16-4-9-23(10-5-16)29(3,26)27/h14,16-17H,4-13H2,1-3H3,(H,20,25). The van der Waals surface area contributed by atoms with Crippen LogP contribution in [0, 0.1) is 6.92 Å². The van der Waals surface area contributed by atoms with Crippen molar-refractivity contribution in [3.63, 3.8) is 0 Å². The van der Waals surface area contributed by atoms with E-state index in [1.807, 2.05) is 14.0 Å². The number of nitrogens with zero attached hydrogens (tertiary/aromatic N) is 4. The van der Waals surface area contributed by atoms with E-state index in [0.29, 0.717) is 37.4 Å². The number of amides is 1. The summed E-state index contributed by atoms with van der Waals surface area (Å²) in [4.78, 5) is 14.9. The third-order valence-electron chi connectivity index (χ3n) is 6.02. The maximum Gasteiger partial charge on any atom is 0.271 e. The van der Waals surface area contributed by atoms with Crippen molar-refractivity contribution in [1.29, 1.82) is 0 Å². The van der Waals surface area contributed by atoms with Crippen molar-refractivity contribution in [1.82, 2.24) is 24.3 Å². The molecule has 0 radical (unpaired) electrons. The quantitative estimate of drug-likeness (QED) is 0.675. The van der Waals surface area contributed by atoms with E-state index in [2.05, 4.69) is 15.3 Å². The number of ether oxygens (including phenoxy) is 1. The van der Waals surface area contributed by atoms with Gasteiger partial charge in [0, 0.05) is 64.2 Å². The predicted octanol–water partition coefficient (Wildman–Crippen LogP) is 0.363. The summed E-state index contributed by atoms with van der Waals surface area (Å²) in [5, 5.41) is 7.22. The first-order valence-electron chi connectivity index (χ1n) is 10.3. The van der Waals surface area contributed by atoms with Crippen LogP contribution in [0.4, 0.5) is 0 Å². The average Bonchev–Trinajstić information content (AvgIpc) is 3.04. The molecular weight excluding hydrogens is 394 g/mol. The first-order valence-corrected chi connectivity index (χ1v) is 12.2. The smallest absolute Gasteiger partial charge is 0.271 e. The molecule has 0 bridgehead atoms. The third kappa shape index (κ3) is 5.78. The fraction of sp³-hybridized carbons (Fsp3) is 0.789. The Morgan fingerprint density at radius 3 is 2.41 bits per heavy atom. The molecule has 0 atom stereocenters. The number of rotatable bonds is 7. The molecule has 1 aromatic rings. The molecule has 1 aromatic heterocycles. The van der Waals surface area contributed by atoms with Crippen molar-refractivity contribution in [2.45, 2.75) is 44.7 Å². The average molecular weight is 428 g/mol. The molecule has 0 aromatic carbocycles. The van der Waals surface area contributed by atoms with Gasteiger partial charge in [-0.15, -0.1) is 0 Å². The van der Waals surface area contributed by atoms with Gasteiger partial charge in [-0.1, -0.05) is 0 Å². The zero-order valence-electron chi connectivity index (χ0n) is 17.6. The van der Waals surface area contributed by atoms with Crippen molar-refractivity contribution in [3.05, 3.63) is 17.5 Å². The van der Waals surface area contributed by atoms with Gasteiger partial charge in [-0.3, -0.25) is 14.4 Å². The molecule has 0 spiro atoms. The summed E-state index contributed by atoms with van der Waals surface area (Å²) in [6.45, 7) is 5.82. The summed E-state index contributed by atoms with van der Waals surface area (Å²) in [5.41, 5.74) is 1.38. The van der Waals surface area contributed by atoms with E-state index in [9.17, 15) is 13.2 Å². The van der Waals surface area contributed by atoms with Gasteiger partial charge >= 0.3 is 0 Å². The molecule has 2 aliphatic rings. The lowest BCUT2D eigenvalue weighted by Gasteiger charge is -2.43. The number of nitrogens with one attached hydrogen (secondary N) is 1. The van der Waals surface area contributed by atoms with Gasteiger partial charge in [0.15, 0.2) is 0 Å². The molecule has 2 fully saturated rings. The van der Waals surface area contributed by atoms with Gasteiger partial charge in [0.1, 0.15) is 5.69 Å². The number of carbonyl (C=O) groups excluding carboxylic acids is 1. The lowest BCUT2D eigenvalue weighted by Crippen LogP contribution is -2.53. The van der Waals surface area contributed by atoms with Crippen molar-refractivity contribution in [3.8, 4) is 0 Å². The fourth-order valence-electron chi connectivity index (χ4n) is 4.25. The Hall–Kier alpha value is -1.49. The Morgan fingerprint density at radius 1 is 1.24 bits per heavy atom. The van der Waals surface area contributed by atoms with Gasteiger partial charge in [0.2, 0.25) is 10.0 Å². The molecular formula is C19H33N5O4S. The lowest BCUT2D eigenvalue weighted by atomic mass is 9.98. The number of piperidine rings is 1. The lowest BCUT2D eigenvalue weighted by molar-refractivity contribution is 0.00747. The highest BCUT2D eigenvalue weighted by molar-refractivity contribution is 7.88. The van der Waals surface area contributed by atoms with Gasteiger partial charge in [-0.2, -0.15) is 5.10 Å². The van der Waals surface area contributed by atoms with Crippen LogP contribution in [0.3, 0.4) is 0 Å². The zero-order chi connectivity index (χ0) is 21.0. The summed E-state index contributed by atoms with van der Waals surface area (Å²) in [6, 6.07) is 2.52. The number of aryl methyl sites for hydroxylation is 2. The van der Waals surface area contributed by atoms with E-state index in [1.54, 1.807) is 15.1 Å². The van der Waals surface area contributed by atoms with Crippen LogP contribution in [-0.4, -0.2) is 91.0 Å². The molecule has 164 valence electrons. The minimum absolute atomic E-state index is 0.160. The second-order valence-corrected chi connectivity index (χ2v) is 10.0. The summed E-state index contributed by atoms with van der Waals surface area (Å²) in [5.74, 6) is -0.160. The topological polar surface area (TPSA) is 96.8 Å². The molecule has 1 N–H and O–H groups in total. The van der Waals surface area contributed by atoms with Gasteiger partial charge in [0.05, 0.1) is 6.26 Å². The third-order valence-corrected chi connectivity index (χ3v) is 7.33. The van der Waals surface area contributed by atoms with E-state index >= 15 is 0 Å². The predicted molar refractivity (Wildman–Crippen MR) is 110 cm³/mol. The summed E-state index contributed by atoms with van der Waals surface area (Å²) in [6.07, 6.45) is 4.85. The Labute approximate surface area is 173 Å². The van der Waals surface area contributed by atoms with E-state index in [1.165, 1.54) is 6.26 Å². The first kappa shape index (κ1) is 22.2. The van der Waals surface area contributed by atoms with Crippen LogP contribution >= 0.6 is 0 Å². The van der Waals surface area contributed by atoms with Crippen LogP contribution in [0.1, 0.15) is 41.9 Å². The van der Waals surface area contributed by atoms with Crippen LogP contribution < -0.4 is 5.32 Å². The molecule has 29 heavy (non-hydrogen) atoms. The summed E-state index contributed by atoms with van der Waals surface area (Å²) < 4.78 is 32.4. The Balaban J connectivity index is 1.58. The molecule has 0 aliphatic carbocycles. The van der Waals surface area contributed by atoms with Crippen molar-refractivity contribution in [2.75, 3.05) is 45.6 Å². The first-order chi connectivity index (χ1) is 13.8. The molecule has 1 amide bonds. The van der Waals surface area contributed by atoms with Crippen molar-refractivity contribution < 1.29 is 17.9 Å². The molecule has 0 saturated carbocycles. The van der Waals surface area contributed by atoms with E-state index < -0.39 is 10.0 Å². The second-order valence-electron chi connectivity index (χ2n) is 8.03. The Kier molecular flexibility index (Phi) is 7.31. The highest BCUT2D eigenvalue weighted by Gasteiger charge is 2.32. The van der Waals surface area contributed by atoms with Gasteiger partial charge in [-0.05, 0) is 38.7 Å². The number of carbonyl (C=O) groups is 1. The molecule has 2 aliphatic heterocycles. The van der Waals surface area contributed by atoms with Gasteiger partial charge in [-0.25, -0.2) is 12.7 Å². The monoisotopic (exact) mass is 427 g/mol. The molecule has 9 nitrogen and oxygen atoms in total. The zero-order valence-corrected chi connectivity index (χ0v) is 18.4. The number of hydrogen-bond donors (Lipinski definition) is 1.